The second-order valence-corrected chi connectivity index (χ2v) is 3.05. The van der Waals surface area contributed by atoms with Crippen LogP contribution in [-0.2, 0) is 13.0 Å². The molecular weight excluding hydrogens is 140 g/mol. The summed E-state index contributed by atoms with van der Waals surface area (Å²) in [5, 5.41) is 6.90. The molecule has 1 aliphatic rings. The molecule has 60 valence electrons. The van der Waals surface area contributed by atoms with Crippen molar-refractivity contribution in [1.82, 2.24) is 15.1 Å². The Hall–Kier alpha value is -1.03. The van der Waals surface area contributed by atoms with Crippen LogP contribution in [0.4, 0.5) is 5.82 Å². The summed E-state index contributed by atoms with van der Waals surface area (Å²) in [7, 11) is 2.10. The van der Waals surface area contributed by atoms with E-state index < -0.39 is 0 Å². The topological polar surface area (TPSA) is 57.9 Å². The van der Waals surface area contributed by atoms with Crippen molar-refractivity contribution < 1.29 is 0 Å². The van der Waals surface area contributed by atoms with E-state index in [0.29, 0.717) is 5.82 Å². The van der Waals surface area contributed by atoms with Crippen LogP contribution in [0.3, 0.4) is 0 Å². The van der Waals surface area contributed by atoms with Crippen molar-refractivity contribution in [3.8, 4) is 0 Å². The van der Waals surface area contributed by atoms with E-state index in [4.69, 9.17) is 5.73 Å². The molecule has 1 aromatic heterocycles. The number of aromatic amines is 1. The van der Waals surface area contributed by atoms with E-state index in [9.17, 15) is 0 Å². The van der Waals surface area contributed by atoms with Crippen LogP contribution in [0.25, 0.3) is 0 Å². The number of nitrogen functional groups attached to an aromatic ring is 1. The number of nitrogens with zero attached hydrogens (tertiary/aromatic N) is 2. The van der Waals surface area contributed by atoms with Gasteiger partial charge in [0.15, 0.2) is 0 Å². The van der Waals surface area contributed by atoms with Crippen LogP contribution in [0.15, 0.2) is 0 Å². The quantitative estimate of drug-likeness (QED) is 0.549. The lowest BCUT2D eigenvalue weighted by molar-refractivity contribution is 0.309. The Bertz CT molecular complexity index is 265. The summed E-state index contributed by atoms with van der Waals surface area (Å²) in [4.78, 5) is 2.25. The fourth-order valence-corrected chi connectivity index (χ4v) is 1.48. The summed E-state index contributed by atoms with van der Waals surface area (Å²) in [6, 6.07) is 0. The molecule has 0 saturated carbocycles. The molecule has 11 heavy (non-hydrogen) atoms. The average Bonchev–Trinajstić information content (AvgIpc) is 2.32. The Balaban J connectivity index is 2.36. The van der Waals surface area contributed by atoms with E-state index in [1.165, 1.54) is 11.3 Å². The number of nitrogens with one attached hydrogen (secondary N) is 1. The Morgan fingerprint density at radius 2 is 2.45 bits per heavy atom. The van der Waals surface area contributed by atoms with E-state index >= 15 is 0 Å². The molecule has 2 rings (SSSR count). The van der Waals surface area contributed by atoms with Gasteiger partial charge >= 0.3 is 0 Å². The van der Waals surface area contributed by atoms with Crippen LogP contribution in [0.1, 0.15) is 11.3 Å². The highest BCUT2D eigenvalue weighted by molar-refractivity contribution is 5.43. The molecule has 1 aliphatic heterocycles. The van der Waals surface area contributed by atoms with Gasteiger partial charge in [-0.25, -0.2) is 0 Å². The van der Waals surface area contributed by atoms with Crippen LogP contribution in [0.5, 0.6) is 0 Å². The molecule has 0 radical (unpaired) electrons. The number of hydrogen-bond donors (Lipinski definition) is 2. The summed E-state index contributed by atoms with van der Waals surface area (Å²) in [5.41, 5.74) is 8.03. The van der Waals surface area contributed by atoms with Crippen molar-refractivity contribution in [2.75, 3.05) is 19.3 Å². The molecular formula is C7H12N4. The summed E-state index contributed by atoms with van der Waals surface area (Å²) >= 11 is 0. The van der Waals surface area contributed by atoms with E-state index in [1.54, 1.807) is 0 Å². The second-order valence-electron chi connectivity index (χ2n) is 3.05. The molecule has 1 aromatic rings. The number of fused-ring (bicyclic) bond motifs is 1. The predicted octanol–water partition coefficient (Wildman–Crippen LogP) is -0.0202. The molecule has 0 atom stereocenters. The second kappa shape index (κ2) is 2.23. The van der Waals surface area contributed by atoms with Crippen molar-refractivity contribution in [2.24, 2.45) is 0 Å². The molecule has 0 saturated heterocycles. The molecule has 0 aliphatic carbocycles. The average molecular weight is 152 g/mol. The number of rotatable bonds is 0. The van der Waals surface area contributed by atoms with Crippen molar-refractivity contribution in [3.63, 3.8) is 0 Å². The first-order valence-corrected chi connectivity index (χ1v) is 3.77. The molecule has 2 heterocycles. The van der Waals surface area contributed by atoms with Gasteiger partial charge in [0.2, 0.25) is 0 Å². The smallest absolute Gasteiger partial charge is 0.148 e. The summed E-state index contributed by atoms with van der Waals surface area (Å²) < 4.78 is 0. The lowest BCUT2D eigenvalue weighted by Gasteiger charge is -2.21. The Morgan fingerprint density at radius 3 is 3.27 bits per heavy atom. The van der Waals surface area contributed by atoms with Crippen LogP contribution in [-0.4, -0.2) is 28.7 Å². The summed E-state index contributed by atoms with van der Waals surface area (Å²) in [5.74, 6) is 0.674. The minimum Gasteiger partial charge on any atom is -0.382 e. The predicted molar refractivity (Wildman–Crippen MR) is 43.0 cm³/mol. The van der Waals surface area contributed by atoms with E-state index in [1.807, 2.05) is 0 Å². The zero-order chi connectivity index (χ0) is 7.84. The maximum atomic E-state index is 5.65. The van der Waals surface area contributed by atoms with Gasteiger partial charge in [-0.2, -0.15) is 5.10 Å². The SMILES string of the molecule is CN1CCc2c(N)n[nH]c2C1. The number of likely N-dealkylation sites (N-methyl/N-ethyl adjacent to an activating group) is 1. The minimum atomic E-state index is 0.674. The Morgan fingerprint density at radius 1 is 1.64 bits per heavy atom. The fourth-order valence-electron chi connectivity index (χ4n) is 1.48. The van der Waals surface area contributed by atoms with Crippen molar-refractivity contribution >= 4 is 5.82 Å². The van der Waals surface area contributed by atoms with Gasteiger partial charge in [0.1, 0.15) is 5.82 Å². The summed E-state index contributed by atoms with van der Waals surface area (Å²) in [6.45, 7) is 2.02. The Labute approximate surface area is 65.4 Å². The highest BCUT2D eigenvalue weighted by Gasteiger charge is 2.17. The van der Waals surface area contributed by atoms with Gasteiger partial charge in [0.05, 0.1) is 5.69 Å². The lowest BCUT2D eigenvalue weighted by atomic mass is 10.1. The van der Waals surface area contributed by atoms with Gasteiger partial charge in [-0.15, -0.1) is 0 Å². The van der Waals surface area contributed by atoms with Crippen LogP contribution >= 0.6 is 0 Å². The monoisotopic (exact) mass is 152 g/mol. The largest absolute Gasteiger partial charge is 0.382 e. The van der Waals surface area contributed by atoms with Crippen LogP contribution < -0.4 is 5.73 Å². The lowest BCUT2D eigenvalue weighted by Crippen LogP contribution is -2.26. The van der Waals surface area contributed by atoms with Gasteiger partial charge in [-0.1, -0.05) is 0 Å². The van der Waals surface area contributed by atoms with Gasteiger partial charge in [0, 0.05) is 18.7 Å². The van der Waals surface area contributed by atoms with Gasteiger partial charge in [0.25, 0.3) is 0 Å². The first kappa shape index (κ1) is 6.67. The number of hydrogen-bond acceptors (Lipinski definition) is 3. The molecule has 4 heteroatoms. The number of aromatic nitrogens is 2. The third kappa shape index (κ3) is 0.991. The molecule has 4 nitrogen and oxygen atoms in total. The molecule has 0 amide bonds. The molecule has 3 N–H and O–H groups in total. The molecule has 0 fully saturated rings. The molecule has 0 unspecified atom stereocenters. The van der Waals surface area contributed by atoms with Gasteiger partial charge in [-0.05, 0) is 13.5 Å². The van der Waals surface area contributed by atoms with Gasteiger partial charge in [-0.3, -0.25) is 5.10 Å². The first-order chi connectivity index (χ1) is 5.27. The molecule has 0 bridgehead atoms. The third-order valence-corrected chi connectivity index (χ3v) is 2.16. The van der Waals surface area contributed by atoms with Crippen LogP contribution in [0.2, 0.25) is 0 Å². The minimum absolute atomic E-state index is 0.674. The van der Waals surface area contributed by atoms with Crippen molar-refractivity contribution in [2.45, 2.75) is 13.0 Å². The van der Waals surface area contributed by atoms with E-state index in [-0.39, 0.29) is 0 Å². The zero-order valence-corrected chi connectivity index (χ0v) is 6.59. The van der Waals surface area contributed by atoms with Crippen molar-refractivity contribution in [3.05, 3.63) is 11.3 Å². The Kier molecular flexibility index (Phi) is 1.35. The summed E-state index contributed by atoms with van der Waals surface area (Å²) in [6.07, 6.45) is 1.02. The highest BCUT2D eigenvalue weighted by atomic mass is 15.2. The zero-order valence-electron chi connectivity index (χ0n) is 6.59. The van der Waals surface area contributed by atoms with E-state index in [2.05, 4.69) is 22.1 Å². The van der Waals surface area contributed by atoms with Crippen LogP contribution in [0, 0.1) is 0 Å². The number of H-pyrrole nitrogens is 1. The molecule has 0 spiro atoms. The molecule has 0 aromatic carbocycles. The number of nitrogens with two attached hydrogens (primary N) is 1. The fraction of sp³-hybridized carbons (Fsp3) is 0.571. The maximum Gasteiger partial charge on any atom is 0.148 e. The highest BCUT2D eigenvalue weighted by Crippen LogP contribution is 2.19. The first-order valence-electron chi connectivity index (χ1n) is 3.77. The van der Waals surface area contributed by atoms with E-state index in [0.717, 1.165) is 19.5 Å². The van der Waals surface area contributed by atoms with Gasteiger partial charge < -0.3 is 10.6 Å². The third-order valence-electron chi connectivity index (χ3n) is 2.16. The normalized spacial score (nSPS) is 18.3. The number of anilines is 1. The maximum absolute atomic E-state index is 5.65. The van der Waals surface area contributed by atoms with Crippen molar-refractivity contribution in [1.29, 1.82) is 0 Å². The standard InChI is InChI=1S/C7H12N4/c1-11-3-2-5-6(4-11)9-10-7(5)8/h2-4H2,1H3,(H3,8,9,10).